The Hall–Kier alpha value is -3.28. The highest BCUT2D eigenvalue weighted by atomic mass is 16.7. The number of para-hydroxylation sites is 1. The van der Waals surface area contributed by atoms with E-state index in [1.54, 1.807) is 30.3 Å². The molecule has 2 aromatic rings. The molecule has 1 aliphatic rings. The molecule has 0 amide bonds. The highest BCUT2D eigenvalue weighted by Gasteiger charge is 2.15. The zero-order chi connectivity index (χ0) is 16.9. The van der Waals surface area contributed by atoms with Crippen molar-refractivity contribution in [3.8, 4) is 17.2 Å². The Morgan fingerprint density at radius 3 is 2.83 bits per heavy atom. The molecule has 6 nitrogen and oxygen atoms in total. The average molecular weight is 326 g/mol. The van der Waals surface area contributed by atoms with Gasteiger partial charge in [-0.3, -0.25) is 4.79 Å². The van der Waals surface area contributed by atoms with E-state index in [0.717, 1.165) is 5.56 Å². The number of carboxylic acids is 1. The summed E-state index contributed by atoms with van der Waals surface area (Å²) in [5.41, 5.74) is 1.15. The Morgan fingerprint density at radius 1 is 1.17 bits per heavy atom. The van der Waals surface area contributed by atoms with Gasteiger partial charge in [0.05, 0.1) is 0 Å². The number of carbonyl (C=O) groups is 2. The quantitative estimate of drug-likeness (QED) is 0.649. The van der Waals surface area contributed by atoms with Gasteiger partial charge in [0, 0.05) is 11.1 Å². The fourth-order valence-electron chi connectivity index (χ4n) is 2.23. The molecule has 1 heterocycles. The molecule has 3 rings (SSSR count). The minimum Gasteiger partial charge on any atom is -0.482 e. The highest BCUT2D eigenvalue weighted by Crippen LogP contribution is 2.35. The van der Waals surface area contributed by atoms with Gasteiger partial charge in [-0.1, -0.05) is 24.3 Å². The molecular formula is C18H14O6. The Bertz CT molecular complexity index is 809. The first-order chi connectivity index (χ1) is 11.6. The largest absolute Gasteiger partial charge is 0.482 e. The number of hydrogen-bond acceptors (Lipinski definition) is 5. The molecule has 6 heteroatoms. The number of ketones is 1. The number of allylic oxidation sites excluding steroid dienone is 1. The second-order valence-electron chi connectivity index (χ2n) is 4.99. The van der Waals surface area contributed by atoms with Gasteiger partial charge < -0.3 is 19.3 Å². The van der Waals surface area contributed by atoms with Gasteiger partial charge in [-0.2, -0.15) is 0 Å². The van der Waals surface area contributed by atoms with Crippen molar-refractivity contribution >= 4 is 17.8 Å². The fourth-order valence-corrected chi connectivity index (χ4v) is 2.23. The molecule has 122 valence electrons. The Kier molecular flexibility index (Phi) is 4.47. The van der Waals surface area contributed by atoms with Crippen LogP contribution < -0.4 is 14.2 Å². The van der Waals surface area contributed by atoms with Crippen LogP contribution in [0.2, 0.25) is 0 Å². The van der Waals surface area contributed by atoms with Crippen LogP contribution in [0.4, 0.5) is 0 Å². The summed E-state index contributed by atoms with van der Waals surface area (Å²) in [5, 5.41) is 8.62. The van der Waals surface area contributed by atoms with Crippen molar-refractivity contribution in [2.24, 2.45) is 0 Å². The average Bonchev–Trinajstić information content (AvgIpc) is 3.07. The van der Waals surface area contributed by atoms with Crippen LogP contribution in [-0.4, -0.2) is 30.3 Å². The number of aliphatic carboxylic acids is 1. The lowest BCUT2D eigenvalue weighted by Crippen LogP contribution is -2.09. The molecule has 1 aliphatic heterocycles. The summed E-state index contributed by atoms with van der Waals surface area (Å²) in [5.74, 6) is 0.279. The van der Waals surface area contributed by atoms with E-state index in [9.17, 15) is 9.59 Å². The summed E-state index contributed by atoms with van der Waals surface area (Å²) in [6.07, 6.45) is 3.08. The van der Waals surface area contributed by atoms with E-state index in [1.165, 1.54) is 12.1 Å². The van der Waals surface area contributed by atoms with E-state index in [0.29, 0.717) is 22.8 Å². The van der Waals surface area contributed by atoms with Crippen LogP contribution in [0.15, 0.2) is 48.5 Å². The molecule has 0 radical (unpaired) electrons. The van der Waals surface area contributed by atoms with E-state index in [1.807, 2.05) is 12.1 Å². The van der Waals surface area contributed by atoms with Crippen LogP contribution in [0.3, 0.4) is 0 Å². The number of ether oxygens (including phenoxy) is 3. The Balaban J connectivity index is 1.74. The summed E-state index contributed by atoms with van der Waals surface area (Å²) in [6.45, 7) is -0.294. The van der Waals surface area contributed by atoms with Crippen molar-refractivity contribution in [1.82, 2.24) is 0 Å². The molecule has 0 atom stereocenters. The number of rotatable bonds is 6. The van der Waals surface area contributed by atoms with E-state index in [2.05, 4.69) is 0 Å². The van der Waals surface area contributed by atoms with Gasteiger partial charge in [-0.25, -0.2) is 4.79 Å². The first-order valence-corrected chi connectivity index (χ1v) is 7.19. The first kappa shape index (κ1) is 15.6. The monoisotopic (exact) mass is 326 g/mol. The van der Waals surface area contributed by atoms with Gasteiger partial charge >= 0.3 is 5.97 Å². The number of carbonyl (C=O) groups excluding carboxylic acids is 1. The van der Waals surface area contributed by atoms with Crippen LogP contribution in [0, 0.1) is 0 Å². The summed E-state index contributed by atoms with van der Waals surface area (Å²) in [4.78, 5) is 22.8. The van der Waals surface area contributed by atoms with Crippen molar-refractivity contribution in [1.29, 1.82) is 0 Å². The maximum absolute atomic E-state index is 12.3. The van der Waals surface area contributed by atoms with Gasteiger partial charge in [-0.15, -0.1) is 0 Å². The minimum absolute atomic E-state index is 0.164. The van der Waals surface area contributed by atoms with Gasteiger partial charge in [0.15, 0.2) is 23.9 Å². The normalized spacial score (nSPS) is 12.3. The lowest BCUT2D eigenvalue weighted by molar-refractivity contribution is -0.139. The van der Waals surface area contributed by atoms with Crippen molar-refractivity contribution in [3.05, 3.63) is 59.7 Å². The van der Waals surface area contributed by atoms with Crippen LogP contribution in [-0.2, 0) is 4.79 Å². The van der Waals surface area contributed by atoms with Crippen molar-refractivity contribution in [2.45, 2.75) is 0 Å². The molecule has 24 heavy (non-hydrogen) atoms. The third kappa shape index (κ3) is 3.55. The molecule has 1 N–H and O–H groups in total. The fraction of sp³-hybridized carbons (Fsp3) is 0.111. The Morgan fingerprint density at radius 2 is 2.00 bits per heavy atom. The van der Waals surface area contributed by atoms with Crippen molar-refractivity contribution < 1.29 is 28.9 Å². The molecule has 0 spiro atoms. The lowest BCUT2D eigenvalue weighted by Gasteiger charge is -2.04. The molecular weight excluding hydrogens is 312 g/mol. The highest BCUT2D eigenvalue weighted by molar-refractivity contribution is 6.07. The van der Waals surface area contributed by atoms with Crippen LogP contribution in [0.1, 0.15) is 15.9 Å². The van der Waals surface area contributed by atoms with E-state index >= 15 is 0 Å². The number of carboxylic acid groups (broad SMARTS) is 1. The summed E-state index contributed by atoms with van der Waals surface area (Å²) < 4.78 is 15.7. The van der Waals surface area contributed by atoms with E-state index in [4.69, 9.17) is 19.3 Å². The lowest BCUT2D eigenvalue weighted by atomic mass is 10.1. The zero-order valence-electron chi connectivity index (χ0n) is 12.6. The van der Waals surface area contributed by atoms with Crippen LogP contribution in [0.25, 0.3) is 6.08 Å². The number of fused-ring (bicyclic) bond motifs is 1. The molecule has 0 fully saturated rings. The summed E-state index contributed by atoms with van der Waals surface area (Å²) >= 11 is 0. The number of hydrogen-bond donors (Lipinski definition) is 1. The molecule has 2 aromatic carbocycles. The van der Waals surface area contributed by atoms with E-state index < -0.39 is 12.6 Å². The van der Waals surface area contributed by atoms with Gasteiger partial charge in [-0.05, 0) is 30.4 Å². The van der Waals surface area contributed by atoms with Gasteiger partial charge in [0.2, 0.25) is 6.79 Å². The molecule has 0 unspecified atom stereocenters. The maximum Gasteiger partial charge on any atom is 0.341 e. The van der Waals surface area contributed by atoms with Crippen LogP contribution >= 0.6 is 0 Å². The van der Waals surface area contributed by atoms with Gasteiger partial charge in [0.1, 0.15) is 5.75 Å². The smallest absolute Gasteiger partial charge is 0.341 e. The first-order valence-electron chi connectivity index (χ1n) is 7.19. The van der Waals surface area contributed by atoms with E-state index in [-0.39, 0.29) is 12.6 Å². The second kappa shape index (κ2) is 6.87. The molecule has 0 saturated heterocycles. The summed E-state index contributed by atoms with van der Waals surface area (Å²) in [6, 6.07) is 11.8. The third-order valence-electron chi connectivity index (χ3n) is 3.32. The molecule has 0 bridgehead atoms. The SMILES string of the molecule is O=C(O)COc1cccc(C(=O)/C=C\c2cccc3c2OCO3)c1. The zero-order valence-corrected chi connectivity index (χ0v) is 12.6. The Labute approximate surface area is 137 Å². The topological polar surface area (TPSA) is 82.1 Å². The van der Waals surface area contributed by atoms with Crippen molar-refractivity contribution in [2.75, 3.05) is 13.4 Å². The number of benzene rings is 2. The predicted octanol–water partition coefficient (Wildman–Crippen LogP) is 2.77. The third-order valence-corrected chi connectivity index (χ3v) is 3.32. The molecule has 0 aliphatic carbocycles. The van der Waals surface area contributed by atoms with Gasteiger partial charge in [0.25, 0.3) is 0 Å². The predicted molar refractivity (Wildman–Crippen MR) is 85.5 cm³/mol. The summed E-state index contributed by atoms with van der Waals surface area (Å²) in [7, 11) is 0. The minimum atomic E-state index is -1.08. The maximum atomic E-state index is 12.3. The second-order valence-corrected chi connectivity index (χ2v) is 4.99. The standard InChI is InChI=1S/C18H14O6/c19-15(13-4-1-5-14(9-13)22-10-17(20)21)8-7-12-3-2-6-16-18(12)24-11-23-16/h1-9H,10-11H2,(H,20,21)/b8-7-. The van der Waals surface area contributed by atoms with Crippen LogP contribution in [0.5, 0.6) is 17.2 Å². The molecule has 0 saturated carbocycles. The van der Waals surface area contributed by atoms with Crippen molar-refractivity contribution in [3.63, 3.8) is 0 Å². The molecule has 0 aromatic heterocycles.